The van der Waals surface area contributed by atoms with E-state index < -0.39 is 29.7 Å². The van der Waals surface area contributed by atoms with Gasteiger partial charge in [-0.15, -0.1) is 0 Å². The maximum Gasteiger partial charge on any atom is 0.322 e. The molecular weight excluding hydrogens is 474 g/mol. The largest absolute Gasteiger partial charge is 0.508 e. The van der Waals surface area contributed by atoms with E-state index in [0.717, 1.165) is 0 Å². The van der Waals surface area contributed by atoms with Gasteiger partial charge < -0.3 is 15.5 Å². The molecule has 3 aromatic carbocycles. The number of amides is 3. The first kappa shape index (κ1) is 25.4. The molecule has 10 heteroatoms. The number of nitrogens with zero attached hydrogens (tertiary/aromatic N) is 1. The van der Waals surface area contributed by atoms with Gasteiger partial charge in [0.25, 0.3) is 17.7 Å². The second-order valence-corrected chi connectivity index (χ2v) is 7.96. The Morgan fingerprint density at radius 3 is 2.23 bits per heavy atom. The van der Waals surface area contributed by atoms with Gasteiger partial charge in [-0.05, 0) is 55.0 Å². The summed E-state index contributed by atoms with van der Waals surface area (Å²) in [6.07, 6.45) is 0. The van der Waals surface area contributed by atoms with E-state index in [1.165, 1.54) is 43.3 Å². The van der Waals surface area contributed by atoms with E-state index in [0.29, 0.717) is 10.6 Å². The van der Waals surface area contributed by atoms with E-state index in [1.54, 1.807) is 36.4 Å². The minimum Gasteiger partial charge on any atom is -0.508 e. The number of aromatic hydroxyl groups is 1. The lowest BCUT2D eigenvalue weighted by Gasteiger charge is -2.24. The standard InChI is InChI=1S/C25H22ClN3O6/c1-15(25(34)35)28-29(23(32)17-6-3-2-4-7-17)24(33)20-11-10-16(12-21(20)26)14-27-22(31)18-8-5-9-19(30)13-18/h2-13,15,28,30H,14H2,1H3,(H,27,31)(H,34,35)/t15-/m0/s1. The molecular formula is C25H22ClN3O6. The summed E-state index contributed by atoms with van der Waals surface area (Å²) in [5.41, 5.74) is 3.40. The van der Waals surface area contributed by atoms with Crippen LogP contribution in [0.15, 0.2) is 72.8 Å². The zero-order valence-corrected chi connectivity index (χ0v) is 19.3. The van der Waals surface area contributed by atoms with Gasteiger partial charge in [0, 0.05) is 17.7 Å². The predicted molar refractivity (Wildman–Crippen MR) is 128 cm³/mol. The Labute approximate surface area is 205 Å². The first-order valence-electron chi connectivity index (χ1n) is 10.5. The summed E-state index contributed by atoms with van der Waals surface area (Å²) < 4.78 is 0. The summed E-state index contributed by atoms with van der Waals surface area (Å²) in [7, 11) is 0. The molecule has 0 spiro atoms. The number of carbonyl (C=O) groups excluding carboxylic acids is 3. The predicted octanol–water partition coefficient (Wildman–Crippen LogP) is 3.24. The molecule has 3 rings (SSSR count). The number of carbonyl (C=O) groups is 4. The monoisotopic (exact) mass is 495 g/mol. The van der Waals surface area contributed by atoms with Crippen molar-refractivity contribution in [2.45, 2.75) is 19.5 Å². The Morgan fingerprint density at radius 1 is 0.914 bits per heavy atom. The van der Waals surface area contributed by atoms with Crippen LogP contribution in [0.1, 0.15) is 43.6 Å². The minimum absolute atomic E-state index is 0.00902. The number of rotatable bonds is 8. The van der Waals surface area contributed by atoms with Crippen LogP contribution < -0.4 is 10.7 Å². The van der Waals surface area contributed by atoms with Crippen LogP contribution in [0.2, 0.25) is 5.02 Å². The first-order chi connectivity index (χ1) is 16.7. The van der Waals surface area contributed by atoms with Crippen LogP contribution in [0.5, 0.6) is 5.75 Å². The Balaban J connectivity index is 1.79. The van der Waals surface area contributed by atoms with Crippen molar-refractivity contribution >= 4 is 35.3 Å². The third kappa shape index (κ3) is 6.44. The van der Waals surface area contributed by atoms with E-state index in [-0.39, 0.29) is 34.0 Å². The van der Waals surface area contributed by atoms with Crippen LogP contribution >= 0.6 is 11.6 Å². The molecule has 0 bridgehead atoms. The Hall–Kier alpha value is -4.21. The van der Waals surface area contributed by atoms with Crippen LogP contribution in [0.4, 0.5) is 0 Å². The molecule has 0 aliphatic carbocycles. The second kappa shape index (κ2) is 11.3. The lowest BCUT2D eigenvalue weighted by Crippen LogP contribution is -2.53. The summed E-state index contributed by atoms with van der Waals surface area (Å²) in [4.78, 5) is 49.8. The SMILES string of the molecule is C[C@H](NN(C(=O)c1ccccc1)C(=O)c1ccc(CNC(=O)c2cccc(O)c2)cc1Cl)C(=O)O. The number of benzene rings is 3. The van der Waals surface area contributed by atoms with Crippen LogP contribution in [0.3, 0.4) is 0 Å². The van der Waals surface area contributed by atoms with Gasteiger partial charge in [0.05, 0.1) is 10.6 Å². The lowest BCUT2D eigenvalue weighted by atomic mass is 10.1. The molecule has 0 saturated heterocycles. The fraction of sp³-hybridized carbons (Fsp3) is 0.120. The van der Waals surface area contributed by atoms with Gasteiger partial charge in [0.1, 0.15) is 11.8 Å². The normalized spacial score (nSPS) is 11.4. The van der Waals surface area contributed by atoms with Crippen molar-refractivity contribution in [3.8, 4) is 5.75 Å². The third-order valence-corrected chi connectivity index (χ3v) is 5.26. The maximum absolute atomic E-state index is 13.2. The maximum atomic E-state index is 13.2. The highest BCUT2D eigenvalue weighted by molar-refractivity contribution is 6.34. The van der Waals surface area contributed by atoms with Gasteiger partial charge in [0.2, 0.25) is 0 Å². The summed E-state index contributed by atoms with van der Waals surface area (Å²) in [6.45, 7) is 1.38. The average Bonchev–Trinajstić information content (AvgIpc) is 2.85. The number of hydrogen-bond donors (Lipinski definition) is 4. The molecule has 0 radical (unpaired) electrons. The molecule has 35 heavy (non-hydrogen) atoms. The van der Waals surface area contributed by atoms with E-state index in [9.17, 15) is 29.4 Å². The molecule has 0 heterocycles. The van der Waals surface area contributed by atoms with Crippen molar-refractivity contribution in [2.24, 2.45) is 0 Å². The number of hydrogen-bond acceptors (Lipinski definition) is 6. The average molecular weight is 496 g/mol. The number of phenols is 1. The minimum atomic E-state index is -1.26. The molecule has 4 N–H and O–H groups in total. The number of halogens is 1. The molecule has 0 aromatic heterocycles. The van der Waals surface area contributed by atoms with Crippen molar-refractivity contribution in [1.29, 1.82) is 0 Å². The van der Waals surface area contributed by atoms with Crippen LogP contribution in [-0.4, -0.2) is 45.0 Å². The molecule has 3 aromatic rings. The van der Waals surface area contributed by atoms with Crippen molar-refractivity contribution in [1.82, 2.24) is 15.8 Å². The van der Waals surface area contributed by atoms with Crippen LogP contribution in [0.25, 0.3) is 0 Å². The molecule has 180 valence electrons. The third-order valence-electron chi connectivity index (χ3n) is 4.95. The second-order valence-electron chi connectivity index (χ2n) is 7.55. The van der Waals surface area contributed by atoms with Gasteiger partial charge >= 0.3 is 5.97 Å². The molecule has 0 fully saturated rings. The number of carboxylic acid groups (broad SMARTS) is 1. The number of carboxylic acids is 1. The molecule has 1 atom stereocenters. The fourth-order valence-corrected chi connectivity index (χ4v) is 3.35. The topological polar surface area (TPSA) is 136 Å². The van der Waals surface area contributed by atoms with E-state index in [1.807, 2.05) is 0 Å². The van der Waals surface area contributed by atoms with E-state index in [2.05, 4.69) is 10.7 Å². The highest BCUT2D eigenvalue weighted by Crippen LogP contribution is 2.21. The molecule has 0 unspecified atom stereocenters. The van der Waals surface area contributed by atoms with Gasteiger partial charge in [0.15, 0.2) is 0 Å². The lowest BCUT2D eigenvalue weighted by molar-refractivity contribution is -0.139. The molecule has 0 saturated carbocycles. The highest BCUT2D eigenvalue weighted by Gasteiger charge is 2.29. The Bertz CT molecular complexity index is 1270. The van der Waals surface area contributed by atoms with Crippen LogP contribution in [-0.2, 0) is 11.3 Å². The van der Waals surface area contributed by atoms with Crippen molar-refractivity contribution in [2.75, 3.05) is 0 Å². The Morgan fingerprint density at radius 2 is 1.60 bits per heavy atom. The molecule has 0 aliphatic heterocycles. The van der Waals surface area contributed by atoms with Gasteiger partial charge in [-0.3, -0.25) is 19.2 Å². The van der Waals surface area contributed by atoms with Crippen LogP contribution in [0, 0.1) is 0 Å². The fourth-order valence-electron chi connectivity index (χ4n) is 3.06. The smallest absolute Gasteiger partial charge is 0.322 e. The number of phenolic OH excluding ortho intramolecular Hbond substituents is 1. The van der Waals surface area contributed by atoms with E-state index in [4.69, 9.17) is 11.6 Å². The van der Waals surface area contributed by atoms with Crippen molar-refractivity contribution in [3.05, 3.63) is 100 Å². The number of aliphatic carboxylic acids is 1. The van der Waals surface area contributed by atoms with Crippen molar-refractivity contribution in [3.63, 3.8) is 0 Å². The zero-order chi connectivity index (χ0) is 25.5. The number of imide groups is 1. The molecule has 3 amide bonds. The molecule has 9 nitrogen and oxygen atoms in total. The molecule has 0 aliphatic rings. The summed E-state index contributed by atoms with van der Waals surface area (Å²) in [5.74, 6) is -3.30. The highest BCUT2D eigenvalue weighted by atomic mass is 35.5. The quantitative estimate of drug-likeness (QED) is 0.278. The van der Waals surface area contributed by atoms with Crippen molar-refractivity contribution < 1.29 is 29.4 Å². The van der Waals surface area contributed by atoms with Gasteiger partial charge in [-0.25, -0.2) is 10.4 Å². The first-order valence-corrected chi connectivity index (χ1v) is 10.8. The Kier molecular flexibility index (Phi) is 8.19. The summed E-state index contributed by atoms with van der Waals surface area (Å²) >= 11 is 6.32. The number of hydrazine groups is 1. The van der Waals surface area contributed by atoms with E-state index >= 15 is 0 Å². The summed E-state index contributed by atoms with van der Waals surface area (Å²) in [5, 5.41) is 22.1. The van der Waals surface area contributed by atoms with Gasteiger partial charge in [-0.2, -0.15) is 0 Å². The van der Waals surface area contributed by atoms with Gasteiger partial charge in [-0.1, -0.05) is 41.9 Å². The summed E-state index contributed by atoms with van der Waals surface area (Å²) in [6, 6.07) is 16.9. The number of nitrogens with one attached hydrogen (secondary N) is 2. The zero-order valence-electron chi connectivity index (χ0n) is 18.6.